The number of amides is 6. The van der Waals surface area contributed by atoms with Crippen LogP contribution < -0.4 is 22.9 Å². The third-order valence-electron chi connectivity index (χ3n) is 1.51. The Labute approximate surface area is 99.5 Å². The molecule has 0 fully saturated rings. The van der Waals surface area contributed by atoms with Gasteiger partial charge in [-0.2, -0.15) is 9.80 Å². The van der Waals surface area contributed by atoms with Crippen molar-refractivity contribution < 1.29 is 19.2 Å². The summed E-state index contributed by atoms with van der Waals surface area (Å²) in [6, 6.07) is -3.04. The van der Waals surface area contributed by atoms with E-state index >= 15 is 0 Å². The summed E-state index contributed by atoms with van der Waals surface area (Å²) in [7, 11) is 0. The fourth-order valence-corrected chi connectivity index (χ4v) is 0.848. The van der Waals surface area contributed by atoms with E-state index in [1.807, 2.05) is 0 Å². The predicted molar refractivity (Wildman–Crippen MR) is 56.7 cm³/mol. The molecule has 12 nitrogen and oxygen atoms in total. The molecule has 0 aliphatic rings. The summed E-state index contributed by atoms with van der Waals surface area (Å²) in [6.07, 6.45) is 0. The molecule has 0 bridgehead atoms. The van der Waals surface area contributed by atoms with Crippen LogP contribution in [0, 0.1) is 10.8 Å². The highest BCUT2D eigenvalue weighted by molar-refractivity contribution is 6.45. The molecule has 0 rings (SSSR count). The summed E-state index contributed by atoms with van der Waals surface area (Å²) in [5.74, 6) is -5.78. The molecule has 0 spiro atoms. The van der Waals surface area contributed by atoms with E-state index in [-0.39, 0.29) is 9.80 Å². The fraction of sp³-hybridized carbons (Fsp3) is 0. The molecule has 12 heteroatoms. The molecule has 0 saturated carbocycles. The van der Waals surface area contributed by atoms with Gasteiger partial charge in [-0.05, 0) is 0 Å². The van der Waals surface area contributed by atoms with E-state index in [1.54, 1.807) is 0 Å². The van der Waals surface area contributed by atoms with E-state index < -0.39 is 35.8 Å². The highest BCUT2D eigenvalue weighted by atomic mass is 16.2. The molecule has 98 valence electrons. The Bertz CT molecular complexity index is 387. The topological polar surface area (TPSA) is 227 Å². The normalized spacial score (nSPS) is 9.11. The zero-order valence-corrected chi connectivity index (χ0v) is 8.84. The summed E-state index contributed by atoms with van der Waals surface area (Å²) in [5, 5.41) is 13.7. The number of carbonyl (C=O) groups is 4. The van der Waals surface area contributed by atoms with Gasteiger partial charge in [0.25, 0.3) is 0 Å². The maximum Gasteiger partial charge on any atom is 0.328 e. The summed E-state index contributed by atoms with van der Waals surface area (Å²) < 4.78 is 0. The largest absolute Gasteiger partial charge is 0.369 e. The van der Waals surface area contributed by atoms with Gasteiger partial charge in [-0.25, -0.2) is 9.59 Å². The van der Waals surface area contributed by atoms with Crippen molar-refractivity contribution in [3.63, 3.8) is 0 Å². The smallest absolute Gasteiger partial charge is 0.328 e. The van der Waals surface area contributed by atoms with Crippen LogP contribution in [0.1, 0.15) is 0 Å². The van der Waals surface area contributed by atoms with Crippen molar-refractivity contribution in [2.24, 2.45) is 22.9 Å². The number of nitrogens with two attached hydrogens (primary N) is 4. The van der Waals surface area contributed by atoms with Crippen molar-refractivity contribution in [2.45, 2.75) is 0 Å². The van der Waals surface area contributed by atoms with Gasteiger partial charge in [0.2, 0.25) is 11.9 Å². The van der Waals surface area contributed by atoms with Crippen molar-refractivity contribution in [1.82, 2.24) is 9.80 Å². The Hall–Kier alpha value is -3.18. The van der Waals surface area contributed by atoms with E-state index in [9.17, 15) is 19.2 Å². The summed E-state index contributed by atoms with van der Waals surface area (Å²) in [5.41, 5.74) is 19.1. The number of nitrogens with one attached hydrogen (secondary N) is 2. The third kappa shape index (κ3) is 2.91. The molecule has 0 aliphatic heterocycles. The van der Waals surface area contributed by atoms with E-state index in [4.69, 9.17) is 33.8 Å². The van der Waals surface area contributed by atoms with Crippen LogP contribution in [0.15, 0.2) is 0 Å². The number of nitrogens with zero attached hydrogens (tertiary/aromatic N) is 2. The van der Waals surface area contributed by atoms with Gasteiger partial charge in [-0.1, -0.05) is 0 Å². The maximum atomic E-state index is 11.4. The lowest BCUT2D eigenvalue weighted by molar-refractivity contribution is -0.144. The Morgan fingerprint density at radius 1 is 0.667 bits per heavy atom. The number of guanidine groups is 2. The first kappa shape index (κ1) is 14.8. The van der Waals surface area contributed by atoms with Gasteiger partial charge < -0.3 is 22.9 Å². The Kier molecular flexibility index (Phi) is 4.31. The molecular formula is C6H10N8O4. The van der Waals surface area contributed by atoms with E-state index in [0.29, 0.717) is 0 Å². The lowest BCUT2D eigenvalue weighted by Gasteiger charge is -2.19. The van der Waals surface area contributed by atoms with Crippen LogP contribution in [0.2, 0.25) is 0 Å². The average Bonchev–Trinajstić information content (AvgIpc) is 2.14. The van der Waals surface area contributed by atoms with Gasteiger partial charge in [0.05, 0.1) is 0 Å². The summed E-state index contributed by atoms with van der Waals surface area (Å²) >= 11 is 0. The van der Waals surface area contributed by atoms with Crippen LogP contribution in [-0.2, 0) is 9.59 Å². The SMILES string of the molecule is N=C(N)N(C(N)=O)C(=O)C(=O)N(C(=N)N)C(N)=O. The van der Waals surface area contributed by atoms with Crippen LogP contribution in [0.5, 0.6) is 0 Å². The number of hydrogen-bond donors (Lipinski definition) is 6. The zero-order valence-electron chi connectivity index (χ0n) is 8.84. The molecular weight excluding hydrogens is 248 g/mol. The number of imide groups is 2. The Morgan fingerprint density at radius 3 is 1.00 bits per heavy atom. The van der Waals surface area contributed by atoms with Crippen molar-refractivity contribution in [2.75, 3.05) is 0 Å². The minimum absolute atomic E-state index is 0.221. The van der Waals surface area contributed by atoms with E-state index in [0.717, 1.165) is 0 Å². The first-order valence-electron chi connectivity index (χ1n) is 4.06. The van der Waals surface area contributed by atoms with Crippen LogP contribution in [-0.4, -0.2) is 45.6 Å². The number of carbonyl (C=O) groups excluding carboxylic acids is 4. The van der Waals surface area contributed by atoms with Crippen molar-refractivity contribution in [3.05, 3.63) is 0 Å². The second kappa shape index (κ2) is 5.24. The fourth-order valence-electron chi connectivity index (χ4n) is 0.848. The van der Waals surface area contributed by atoms with Crippen LogP contribution in [0.4, 0.5) is 9.59 Å². The molecule has 18 heavy (non-hydrogen) atoms. The van der Waals surface area contributed by atoms with Gasteiger partial charge in [-0.3, -0.25) is 20.4 Å². The number of urea groups is 2. The first-order valence-corrected chi connectivity index (χ1v) is 4.06. The summed E-state index contributed by atoms with van der Waals surface area (Å²) in [6.45, 7) is 0. The van der Waals surface area contributed by atoms with E-state index in [2.05, 4.69) is 0 Å². The first-order chi connectivity index (χ1) is 8.11. The second-order valence-electron chi connectivity index (χ2n) is 2.73. The zero-order chi connectivity index (χ0) is 14.6. The van der Waals surface area contributed by atoms with Gasteiger partial charge in [-0.15, -0.1) is 0 Å². The molecule has 0 heterocycles. The van der Waals surface area contributed by atoms with Crippen LogP contribution in [0.25, 0.3) is 0 Å². The molecule has 0 aromatic heterocycles. The average molecular weight is 258 g/mol. The second-order valence-corrected chi connectivity index (χ2v) is 2.73. The number of primary amides is 2. The van der Waals surface area contributed by atoms with Gasteiger partial charge in [0, 0.05) is 0 Å². The maximum absolute atomic E-state index is 11.4. The number of rotatable bonds is 0. The van der Waals surface area contributed by atoms with Crippen molar-refractivity contribution >= 4 is 35.8 Å². The molecule has 0 aliphatic carbocycles. The lowest BCUT2D eigenvalue weighted by atomic mass is 10.4. The quantitative estimate of drug-likeness (QED) is 0.147. The minimum atomic E-state index is -1.75. The summed E-state index contributed by atoms with van der Waals surface area (Å²) in [4.78, 5) is 44.0. The van der Waals surface area contributed by atoms with Crippen molar-refractivity contribution in [3.8, 4) is 0 Å². The molecule has 6 amide bonds. The molecule has 0 atom stereocenters. The monoisotopic (exact) mass is 258 g/mol. The molecule has 0 radical (unpaired) electrons. The van der Waals surface area contributed by atoms with Crippen LogP contribution in [0.3, 0.4) is 0 Å². The molecule has 0 aromatic rings. The van der Waals surface area contributed by atoms with Crippen molar-refractivity contribution in [1.29, 1.82) is 10.8 Å². The van der Waals surface area contributed by atoms with Gasteiger partial charge >= 0.3 is 23.9 Å². The minimum Gasteiger partial charge on any atom is -0.369 e. The molecule has 0 unspecified atom stereocenters. The predicted octanol–water partition coefficient (Wildman–Crippen LogP) is -3.41. The molecule has 0 aromatic carbocycles. The standard InChI is InChI=1S/C6H10N8O4/c7-3(8)13(5(11)17)1(15)2(16)14(4(9)10)6(12)18/h(H3,7,8)(H3,9,10)(H2,11,17)(H2,12,18). The highest BCUT2D eigenvalue weighted by Crippen LogP contribution is 1.96. The van der Waals surface area contributed by atoms with Crippen LogP contribution >= 0.6 is 0 Å². The Balaban J connectivity index is 5.37. The highest BCUT2D eigenvalue weighted by Gasteiger charge is 2.35. The molecule has 10 N–H and O–H groups in total. The van der Waals surface area contributed by atoms with E-state index in [1.165, 1.54) is 0 Å². The Morgan fingerprint density at radius 2 is 0.889 bits per heavy atom. The molecule has 0 saturated heterocycles. The van der Waals surface area contributed by atoms with Gasteiger partial charge in [0.1, 0.15) is 0 Å². The number of hydrogen-bond acceptors (Lipinski definition) is 6. The van der Waals surface area contributed by atoms with Gasteiger partial charge in [0.15, 0.2) is 0 Å². The lowest BCUT2D eigenvalue weighted by Crippen LogP contribution is -2.58. The third-order valence-corrected chi connectivity index (χ3v) is 1.51.